The molecule has 3 aromatic rings. The van der Waals surface area contributed by atoms with Gasteiger partial charge in [0.1, 0.15) is 11.5 Å². The van der Waals surface area contributed by atoms with Gasteiger partial charge < -0.3 is 20.1 Å². The van der Waals surface area contributed by atoms with Gasteiger partial charge in [-0.1, -0.05) is 26.0 Å². The van der Waals surface area contributed by atoms with Crippen LogP contribution in [0.4, 0.5) is 11.4 Å². The van der Waals surface area contributed by atoms with Crippen molar-refractivity contribution in [1.82, 2.24) is 0 Å². The highest BCUT2D eigenvalue weighted by Crippen LogP contribution is 2.27. The van der Waals surface area contributed by atoms with Crippen LogP contribution in [-0.2, 0) is 0 Å². The molecule has 7 heteroatoms. The first-order chi connectivity index (χ1) is 16.4. The SMILES string of the molecule is CCOc1ccc(NC(=O)c2ccccc2NC(=O)c2ccc(OCCC(C)C)c(Br)c2)cc1. The Labute approximate surface area is 208 Å². The maximum absolute atomic E-state index is 12.9. The average molecular weight is 525 g/mol. The Kier molecular flexibility index (Phi) is 9.10. The molecule has 3 rings (SSSR count). The molecule has 3 aromatic carbocycles. The Balaban J connectivity index is 1.68. The molecular weight excluding hydrogens is 496 g/mol. The molecule has 6 nitrogen and oxygen atoms in total. The van der Waals surface area contributed by atoms with E-state index in [2.05, 4.69) is 40.4 Å². The predicted molar refractivity (Wildman–Crippen MR) is 139 cm³/mol. The van der Waals surface area contributed by atoms with Crippen molar-refractivity contribution in [3.63, 3.8) is 0 Å². The zero-order valence-corrected chi connectivity index (χ0v) is 21.1. The molecule has 0 unspecified atom stereocenters. The minimum atomic E-state index is -0.324. The predicted octanol–water partition coefficient (Wildman–Crippen LogP) is 6.78. The topological polar surface area (TPSA) is 76.7 Å². The molecule has 0 radical (unpaired) electrons. The average Bonchev–Trinajstić information content (AvgIpc) is 2.81. The number of carbonyl (C=O) groups excluding carboxylic acids is 2. The molecule has 0 fully saturated rings. The van der Waals surface area contributed by atoms with Crippen molar-refractivity contribution in [2.45, 2.75) is 27.2 Å². The molecule has 0 aliphatic carbocycles. The van der Waals surface area contributed by atoms with E-state index in [0.717, 1.165) is 12.2 Å². The van der Waals surface area contributed by atoms with Crippen LogP contribution in [0.5, 0.6) is 11.5 Å². The first-order valence-corrected chi connectivity index (χ1v) is 12.0. The fourth-order valence-corrected chi connectivity index (χ4v) is 3.64. The lowest BCUT2D eigenvalue weighted by Crippen LogP contribution is -2.18. The normalized spacial score (nSPS) is 10.6. The van der Waals surface area contributed by atoms with E-state index in [4.69, 9.17) is 9.47 Å². The van der Waals surface area contributed by atoms with E-state index in [0.29, 0.717) is 51.9 Å². The van der Waals surface area contributed by atoms with Crippen LogP contribution in [0.15, 0.2) is 71.2 Å². The first kappa shape index (κ1) is 25.3. The Morgan fingerprint density at radius 2 is 1.65 bits per heavy atom. The van der Waals surface area contributed by atoms with Crippen LogP contribution < -0.4 is 20.1 Å². The number of rotatable bonds is 10. The molecule has 0 spiro atoms. The van der Waals surface area contributed by atoms with Crippen molar-refractivity contribution >= 4 is 39.1 Å². The Bertz CT molecular complexity index is 1130. The van der Waals surface area contributed by atoms with E-state index < -0.39 is 0 Å². The minimum Gasteiger partial charge on any atom is -0.494 e. The van der Waals surface area contributed by atoms with Gasteiger partial charge in [-0.25, -0.2) is 0 Å². The van der Waals surface area contributed by atoms with Gasteiger partial charge in [0.25, 0.3) is 11.8 Å². The number of nitrogens with one attached hydrogen (secondary N) is 2. The van der Waals surface area contributed by atoms with Crippen molar-refractivity contribution in [1.29, 1.82) is 0 Å². The third kappa shape index (κ3) is 7.09. The van der Waals surface area contributed by atoms with Gasteiger partial charge in [-0.15, -0.1) is 0 Å². The monoisotopic (exact) mass is 524 g/mol. The summed E-state index contributed by atoms with van der Waals surface area (Å²) in [6.45, 7) is 7.38. The summed E-state index contributed by atoms with van der Waals surface area (Å²) in [4.78, 5) is 25.8. The first-order valence-electron chi connectivity index (χ1n) is 11.2. The summed E-state index contributed by atoms with van der Waals surface area (Å²) >= 11 is 3.48. The van der Waals surface area contributed by atoms with E-state index in [1.54, 1.807) is 66.7 Å². The number of amides is 2. The van der Waals surface area contributed by atoms with Crippen LogP contribution in [0.1, 0.15) is 47.9 Å². The van der Waals surface area contributed by atoms with Crippen molar-refractivity contribution in [2.24, 2.45) is 5.92 Å². The molecule has 0 saturated carbocycles. The van der Waals surface area contributed by atoms with Crippen LogP contribution in [0, 0.1) is 5.92 Å². The van der Waals surface area contributed by atoms with E-state index in [9.17, 15) is 9.59 Å². The number of anilines is 2. The van der Waals surface area contributed by atoms with Crippen LogP contribution in [0.3, 0.4) is 0 Å². The van der Waals surface area contributed by atoms with Crippen molar-refractivity contribution in [3.05, 3.63) is 82.3 Å². The third-order valence-corrected chi connectivity index (χ3v) is 5.61. The third-order valence-electron chi connectivity index (χ3n) is 4.99. The second-order valence-electron chi connectivity index (χ2n) is 8.09. The lowest BCUT2D eigenvalue weighted by Gasteiger charge is -2.13. The summed E-state index contributed by atoms with van der Waals surface area (Å²) in [5, 5.41) is 5.70. The second kappa shape index (κ2) is 12.2. The highest BCUT2D eigenvalue weighted by atomic mass is 79.9. The van der Waals surface area contributed by atoms with E-state index in [-0.39, 0.29) is 11.8 Å². The molecule has 0 saturated heterocycles. The van der Waals surface area contributed by atoms with Crippen molar-refractivity contribution in [2.75, 3.05) is 23.8 Å². The molecule has 0 atom stereocenters. The number of hydrogen-bond donors (Lipinski definition) is 2. The zero-order valence-electron chi connectivity index (χ0n) is 19.6. The molecule has 0 heterocycles. The lowest BCUT2D eigenvalue weighted by atomic mass is 10.1. The lowest BCUT2D eigenvalue weighted by molar-refractivity contribution is 0.102. The number of hydrogen-bond acceptors (Lipinski definition) is 4. The molecule has 2 N–H and O–H groups in total. The van der Waals surface area contributed by atoms with Crippen LogP contribution in [0.25, 0.3) is 0 Å². The number of halogens is 1. The van der Waals surface area contributed by atoms with Gasteiger partial charge in [-0.3, -0.25) is 9.59 Å². The minimum absolute atomic E-state index is 0.323. The van der Waals surface area contributed by atoms with Gasteiger partial charge in [0.2, 0.25) is 0 Å². The Morgan fingerprint density at radius 3 is 2.32 bits per heavy atom. The smallest absolute Gasteiger partial charge is 0.257 e. The fraction of sp³-hybridized carbons (Fsp3) is 0.259. The van der Waals surface area contributed by atoms with E-state index in [1.807, 2.05) is 6.92 Å². The molecular formula is C27H29BrN2O4. The molecule has 0 aliphatic rings. The van der Waals surface area contributed by atoms with Gasteiger partial charge >= 0.3 is 0 Å². The summed E-state index contributed by atoms with van der Waals surface area (Å²) in [6, 6.07) is 19.2. The standard InChI is InChI=1S/C27H29BrN2O4/c1-4-33-21-12-10-20(11-13-21)29-27(32)22-7-5-6-8-24(22)30-26(31)19-9-14-25(23(28)17-19)34-16-15-18(2)3/h5-14,17-18H,4,15-16H2,1-3H3,(H,29,32)(H,30,31). The highest BCUT2D eigenvalue weighted by molar-refractivity contribution is 9.10. The molecule has 2 amide bonds. The number of carbonyl (C=O) groups is 2. The summed E-state index contributed by atoms with van der Waals surface area (Å²) in [7, 11) is 0. The van der Waals surface area contributed by atoms with Gasteiger partial charge in [0, 0.05) is 11.3 Å². The van der Waals surface area contributed by atoms with Crippen molar-refractivity contribution < 1.29 is 19.1 Å². The largest absolute Gasteiger partial charge is 0.494 e. The molecule has 0 bridgehead atoms. The van der Waals surface area contributed by atoms with Crippen LogP contribution in [0.2, 0.25) is 0 Å². The van der Waals surface area contributed by atoms with Crippen LogP contribution in [-0.4, -0.2) is 25.0 Å². The zero-order chi connectivity index (χ0) is 24.5. The van der Waals surface area contributed by atoms with Gasteiger partial charge in [0.15, 0.2) is 0 Å². The summed E-state index contributed by atoms with van der Waals surface area (Å²) in [6.07, 6.45) is 0.949. The summed E-state index contributed by atoms with van der Waals surface area (Å²) in [5.41, 5.74) is 1.86. The number of ether oxygens (including phenoxy) is 2. The van der Waals surface area contributed by atoms with Crippen molar-refractivity contribution in [3.8, 4) is 11.5 Å². The van der Waals surface area contributed by atoms with E-state index >= 15 is 0 Å². The van der Waals surface area contributed by atoms with Gasteiger partial charge in [0.05, 0.1) is 28.9 Å². The molecule has 0 aromatic heterocycles. The van der Waals surface area contributed by atoms with Gasteiger partial charge in [-0.2, -0.15) is 0 Å². The van der Waals surface area contributed by atoms with E-state index in [1.165, 1.54) is 0 Å². The number of benzene rings is 3. The maximum atomic E-state index is 12.9. The molecule has 0 aliphatic heterocycles. The fourth-order valence-electron chi connectivity index (χ4n) is 3.15. The summed E-state index contributed by atoms with van der Waals surface area (Å²) < 4.78 is 11.9. The Hall–Kier alpha value is -3.32. The quantitative estimate of drug-likeness (QED) is 0.306. The van der Waals surface area contributed by atoms with Crippen LogP contribution >= 0.6 is 15.9 Å². The van der Waals surface area contributed by atoms with Gasteiger partial charge in [-0.05, 0) is 89.8 Å². The highest BCUT2D eigenvalue weighted by Gasteiger charge is 2.15. The molecule has 34 heavy (non-hydrogen) atoms. The number of para-hydroxylation sites is 1. The molecule has 178 valence electrons. The maximum Gasteiger partial charge on any atom is 0.257 e. The second-order valence-corrected chi connectivity index (χ2v) is 8.94. The Morgan fingerprint density at radius 1 is 0.912 bits per heavy atom. The summed E-state index contributed by atoms with van der Waals surface area (Å²) in [5.74, 6) is 1.32.